The van der Waals surface area contributed by atoms with Crippen LogP contribution in [-0.2, 0) is 28.2 Å². The van der Waals surface area contributed by atoms with Crippen molar-refractivity contribution < 1.29 is 33.3 Å². The van der Waals surface area contributed by atoms with Crippen molar-refractivity contribution >= 4 is 36.1 Å². The van der Waals surface area contributed by atoms with Crippen LogP contribution in [0.1, 0.15) is 54.9 Å². The number of ether oxygens (including phenoxy) is 4. The van der Waals surface area contributed by atoms with Crippen LogP contribution in [0.5, 0.6) is 0 Å². The number of carboxylic acids is 1. The maximum atomic E-state index is 12.8. The first-order valence-electron chi connectivity index (χ1n) is 15.8. The molecule has 2 heterocycles. The summed E-state index contributed by atoms with van der Waals surface area (Å²) in [6.45, 7) is 14.3. The Hall–Kier alpha value is -3.38. The fourth-order valence-electron chi connectivity index (χ4n) is 6.43. The van der Waals surface area contributed by atoms with Gasteiger partial charge in [0.25, 0.3) is 8.32 Å². The van der Waals surface area contributed by atoms with E-state index in [1.165, 1.54) is 0 Å². The van der Waals surface area contributed by atoms with Crippen molar-refractivity contribution in [2.75, 3.05) is 12.0 Å². The van der Waals surface area contributed by atoms with Gasteiger partial charge in [0.1, 0.15) is 24.0 Å². The molecule has 3 aromatic carbocycles. The molecule has 0 unspecified atom stereocenters. The van der Waals surface area contributed by atoms with Crippen LogP contribution in [0.3, 0.4) is 0 Å². The summed E-state index contributed by atoms with van der Waals surface area (Å²) in [7, 11) is -3.19. The van der Waals surface area contributed by atoms with Gasteiger partial charge < -0.3 is 28.5 Å². The van der Waals surface area contributed by atoms with E-state index >= 15 is 0 Å². The molecule has 4 atom stereocenters. The lowest BCUT2D eigenvalue weighted by Gasteiger charge is -2.46. The Morgan fingerprint density at radius 3 is 1.91 bits per heavy atom. The molecule has 0 aromatic heterocycles. The van der Waals surface area contributed by atoms with Gasteiger partial charge in [0.15, 0.2) is 11.6 Å². The van der Waals surface area contributed by atoms with Crippen LogP contribution in [0.2, 0.25) is 5.04 Å². The van der Waals surface area contributed by atoms with Gasteiger partial charge in [-0.25, -0.2) is 4.79 Å². The molecule has 2 aliphatic rings. The molecule has 5 rings (SSSR count). The number of benzene rings is 3. The van der Waals surface area contributed by atoms with Crippen LogP contribution in [0, 0.1) is 0 Å². The minimum absolute atomic E-state index is 0.0583. The first kappa shape index (κ1) is 34.0. The lowest BCUT2D eigenvalue weighted by atomic mass is 9.99. The summed E-state index contributed by atoms with van der Waals surface area (Å²) < 4.78 is 33.0. The molecule has 9 nitrogen and oxygen atoms in total. The zero-order valence-corrected chi connectivity index (χ0v) is 28.7. The average Bonchev–Trinajstić information content (AvgIpc) is 3.55. The van der Waals surface area contributed by atoms with Gasteiger partial charge in [-0.1, -0.05) is 99.6 Å². The van der Waals surface area contributed by atoms with E-state index < -0.39 is 50.3 Å². The average molecular weight is 647 g/mol. The van der Waals surface area contributed by atoms with Gasteiger partial charge in [0.05, 0.1) is 18.4 Å². The van der Waals surface area contributed by atoms with E-state index in [9.17, 15) is 9.90 Å². The van der Waals surface area contributed by atoms with Gasteiger partial charge in [0, 0.05) is 6.42 Å². The highest BCUT2D eigenvalue weighted by molar-refractivity contribution is 6.99. The van der Waals surface area contributed by atoms with Crippen molar-refractivity contribution in [1.82, 2.24) is 0 Å². The fraction of sp³-hybridized carbons (Fsp3) is 0.444. The van der Waals surface area contributed by atoms with E-state index in [1.54, 1.807) is 0 Å². The quantitative estimate of drug-likeness (QED) is 0.159. The molecule has 0 bridgehead atoms. The zero-order chi connectivity index (χ0) is 33.2. The molecule has 2 aliphatic heterocycles. The van der Waals surface area contributed by atoms with Crippen LogP contribution in [0.25, 0.3) is 0 Å². The number of hydrazone groups is 1. The summed E-state index contributed by atoms with van der Waals surface area (Å²) in [5.41, 5.74) is 3.49. The number of rotatable bonds is 11. The van der Waals surface area contributed by atoms with Crippen LogP contribution in [0.15, 0.2) is 96.1 Å². The Balaban J connectivity index is 1.65. The molecule has 0 amide bonds. The number of hydrogen-bond donors (Lipinski definition) is 2. The lowest BCUT2D eigenvalue weighted by Crippen LogP contribution is -2.69. The molecule has 2 saturated heterocycles. The number of anilines is 1. The van der Waals surface area contributed by atoms with Crippen molar-refractivity contribution in [3.05, 3.63) is 91.0 Å². The predicted octanol–water partition coefficient (Wildman–Crippen LogP) is 5.55. The third kappa shape index (κ3) is 7.43. The number of carboxylic acid groups (broad SMARTS) is 1. The summed E-state index contributed by atoms with van der Waals surface area (Å²) in [6, 6.07) is 29.7. The number of aliphatic carboxylic acids is 1. The van der Waals surface area contributed by atoms with Crippen LogP contribution < -0.4 is 15.8 Å². The smallest absolute Gasteiger partial charge is 0.352 e. The SMILES string of the molecule is CC1(C)O[C@@H]([C@H](C/C(=N/Nc2ccccc2)C(=O)O)O[Si](c2ccccc2)(c2ccccc2)C(C)(C)C)[C@@H]([C@H]2COC(C)(C)O2)O1. The third-order valence-corrected chi connectivity index (χ3v) is 13.5. The lowest BCUT2D eigenvalue weighted by molar-refractivity contribution is -0.175. The Morgan fingerprint density at radius 2 is 1.43 bits per heavy atom. The molecule has 0 aliphatic carbocycles. The first-order valence-corrected chi connectivity index (χ1v) is 17.7. The van der Waals surface area contributed by atoms with E-state index in [0.717, 1.165) is 10.4 Å². The van der Waals surface area contributed by atoms with Gasteiger partial charge in [-0.15, -0.1) is 0 Å². The van der Waals surface area contributed by atoms with Crippen molar-refractivity contribution in [2.24, 2.45) is 5.10 Å². The summed E-state index contributed by atoms with van der Waals surface area (Å²) in [4.78, 5) is 12.8. The third-order valence-electron chi connectivity index (χ3n) is 8.41. The highest BCUT2D eigenvalue weighted by Gasteiger charge is 2.57. The van der Waals surface area contributed by atoms with Crippen molar-refractivity contribution in [3.63, 3.8) is 0 Å². The second kappa shape index (κ2) is 13.4. The molecule has 46 heavy (non-hydrogen) atoms. The summed E-state index contributed by atoms with van der Waals surface area (Å²) in [5.74, 6) is -2.94. The van der Waals surface area contributed by atoms with E-state index in [4.69, 9.17) is 23.4 Å². The minimum atomic E-state index is -3.19. The monoisotopic (exact) mass is 646 g/mol. The molecule has 0 radical (unpaired) electrons. The van der Waals surface area contributed by atoms with Gasteiger partial charge in [0.2, 0.25) is 0 Å². The fourth-order valence-corrected chi connectivity index (χ4v) is 11.1. The summed E-state index contributed by atoms with van der Waals surface area (Å²) >= 11 is 0. The molecular formula is C36H46N2O7Si. The highest BCUT2D eigenvalue weighted by Crippen LogP contribution is 2.42. The largest absolute Gasteiger partial charge is 0.477 e. The standard InChI is InChI=1S/C36H46N2O7Si/c1-34(2,3)46(26-19-13-9-14-20-26,27-21-15-10-16-22-27)45-29(23-28(33(39)40)38-37-25-17-11-8-12-18-25)31-32(44-36(6,7)43-31)30-24-41-35(4,5)42-30/h8-22,29-32,37H,23-24H2,1-7H3,(H,39,40)/b38-28-/t29-,30+,31-,32+/m0/s1. The number of nitrogens with zero attached hydrogens (tertiary/aromatic N) is 1. The molecule has 2 N–H and O–H groups in total. The first-order chi connectivity index (χ1) is 21.7. The van der Waals surface area contributed by atoms with Crippen molar-refractivity contribution in [3.8, 4) is 0 Å². The van der Waals surface area contributed by atoms with E-state index in [0.29, 0.717) is 12.3 Å². The molecular weight excluding hydrogens is 600 g/mol. The Kier molecular flexibility index (Phi) is 9.88. The topological polar surface area (TPSA) is 108 Å². The molecule has 2 fully saturated rings. The Labute approximate surface area is 273 Å². The van der Waals surface area contributed by atoms with Crippen LogP contribution in [-0.4, -0.2) is 67.7 Å². The summed E-state index contributed by atoms with van der Waals surface area (Å²) in [5, 5.41) is 16.6. The number of para-hydroxylation sites is 1. The number of carbonyl (C=O) groups is 1. The van der Waals surface area contributed by atoms with Crippen LogP contribution >= 0.6 is 0 Å². The van der Waals surface area contributed by atoms with Gasteiger partial charge in [-0.3, -0.25) is 5.43 Å². The second-order valence-corrected chi connectivity index (χ2v) is 18.0. The maximum absolute atomic E-state index is 12.8. The van der Waals surface area contributed by atoms with Gasteiger partial charge in [-0.2, -0.15) is 5.10 Å². The van der Waals surface area contributed by atoms with Gasteiger partial charge >= 0.3 is 5.97 Å². The number of nitrogens with one attached hydrogen (secondary N) is 1. The molecule has 10 heteroatoms. The Morgan fingerprint density at radius 1 is 0.891 bits per heavy atom. The summed E-state index contributed by atoms with van der Waals surface area (Å²) in [6.07, 6.45) is -2.62. The van der Waals surface area contributed by atoms with Gasteiger partial charge in [-0.05, 0) is 55.2 Å². The second-order valence-electron chi connectivity index (χ2n) is 13.8. The predicted molar refractivity (Wildman–Crippen MR) is 181 cm³/mol. The molecule has 0 spiro atoms. The minimum Gasteiger partial charge on any atom is -0.477 e. The van der Waals surface area contributed by atoms with E-state index in [1.807, 2.05) is 94.4 Å². The van der Waals surface area contributed by atoms with Crippen molar-refractivity contribution in [1.29, 1.82) is 0 Å². The number of hydrogen-bond acceptors (Lipinski definition) is 8. The zero-order valence-electron chi connectivity index (χ0n) is 27.7. The highest BCUT2D eigenvalue weighted by atomic mass is 28.4. The van der Waals surface area contributed by atoms with Crippen LogP contribution in [0.4, 0.5) is 5.69 Å². The molecule has 0 saturated carbocycles. The van der Waals surface area contributed by atoms with E-state index in [2.05, 4.69) is 55.6 Å². The molecule has 3 aromatic rings. The van der Waals surface area contributed by atoms with Crippen molar-refractivity contribution in [2.45, 2.75) is 95.9 Å². The van der Waals surface area contributed by atoms with E-state index in [-0.39, 0.29) is 17.2 Å². The maximum Gasteiger partial charge on any atom is 0.352 e. The Bertz CT molecular complexity index is 1450. The molecule has 246 valence electrons. The normalized spacial score (nSPS) is 23.6.